The van der Waals surface area contributed by atoms with E-state index in [0.29, 0.717) is 12.0 Å². The highest BCUT2D eigenvalue weighted by atomic mass is 35.5. The molecular formula is C14H21ClFN. The first-order valence-corrected chi connectivity index (χ1v) is 6.58. The largest absolute Gasteiger partial charge is 0.314 e. The Bertz CT molecular complexity index is 352. The highest BCUT2D eigenvalue weighted by molar-refractivity contribution is 6.30. The maximum atomic E-state index is 13.7. The fraction of sp³-hybridized carbons (Fsp3) is 0.571. The summed E-state index contributed by atoms with van der Waals surface area (Å²) in [5.41, 5.74) is 0.718. The molecule has 0 radical (unpaired) electrons. The van der Waals surface area contributed by atoms with Gasteiger partial charge in [0.25, 0.3) is 0 Å². The molecule has 0 saturated heterocycles. The smallest absolute Gasteiger partial charge is 0.144 e. The second-order valence-corrected chi connectivity index (χ2v) is 5.16. The quantitative estimate of drug-likeness (QED) is 0.811. The van der Waals surface area contributed by atoms with Crippen molar-refractivity contribution in [3.05, 3.63) is 34.6 Å². The van der Waals surface area contributed by atoms with E-state index in [0.717, 1.165) is 24.9 Å². The summed E-state index contributed by atoms with van der Waals surface area (Å²) in [7, 11) is 0. The maximum absolute atomic E-state index is 13.7. The average molecular weight is 258 g/mol. The summed E-state index contributed by atoms with van der Waals surface area (Å²) in [5.74, 6) is 0.183. The molecule has 0 fully saturated rings. The third kappa shape index (κ3) is 4.64. The molecule has 1 atom stereocenters. The third-order valence-corrected chi connectivity index (χ3v) is 3.22. The van der Waals surface area contributed by atoms with Crippen molar-refractivity contribution < 1.29 is 4.39 Å². The number of hydrogen-bond acceptors (Lipinski definition) is 1. The Balaban J connectivity index is 2.64. The van der Waals surface area contributed by atoms with Gasteiger partial charge in [-0.15, -0.1) is 0 Å². The van der Waals surface area contributed by atoms with Gasteiger partial charge in [0, 0.05) is 6.04 Å². The van der Waals surface area contributed by atoms with Gasteiger partial charge in [0.2, 0.25) is 0 Å². The molecule has 96 valence electrons. The molecule has 0 bridgehead atoms. The van der Waals surface area contributed by atoms with Gasteiger partial charge >= 0.3 is 0 Å². The zero-order valence-electron chi connectivity index (χ0n) is 10.8. The molecule has 0 aromatic heterocycles. The van der Waals surface area contributed by atoms with Gasteiger partial charge in [-0.2, -0.15) is 0 Å². The van der Waals surface area contributed by atoms with Crippen LogP contribution in [0.5, 0.6) is 0 Å². The molecule has 1 N–H and O–H groups in total. The zero-order valence-corrected chi connectivity index (χ0v) is 11.5. The van der Waals surface area contributed by atoms with Crippen LogP contribution in [-0.2, 0) is 6.42 Å². The van der Waals surface area contributed by atoms with E-state index in [1.54, 1.807) is 6.07 Å². The Labute approximate surface area is 108 Å². The number of benzene rings is 1. The molecule has 1 nitrogen and oxygen atoms in total. The van der Waals surface area contributed by atoms with Gasteiger partial charge in [0.05, 0.1) is 5.02 Å². The SMILES string of the molecule is CCC(CNC(C)C)Cc1cccc(Cl)c1F. The van der Waals surface area contributed by atoms with Crippen molar-refractivity contribution in [2.75, 3.05) is 6.54 Å². The molecule has 1 aromatic rings. The number of rotatable bonds is 6. The first-order valence-electron chi connectivity index (χ1n) is 6.20. The standard InChI is InChI=1S/C14H21ClFN/c1-4-11(9-17-10(2)3)8-12-6-5-7-13(15)14(12)16/h5-7,10-11,17H,4,8-9H2,1-3H3. The Morgan fingerprint density at radius 2 is 2.06 bits per heavy atom. The third-order valence-electron chi connectivity index (χ3n) is 2.93. The summed E-state index contributed by atoms with van der Waals surface area (Å²) in [6.07, 6.45) is 1.77. The highest BCUT2D eigenvalue weighted by Gasteiger charge is 2.12. The summed E-state index contributed by atoms with van der Waals surface area (Å²) in [5, 5.41) is 3.61. The first-order chi connectivity index (χ1) is 8.04. The normalized spacial score (nSPS) is 13.1. The Morgan fingerprint density at radius 1 is 1.35 bits per heavy atom. The van der Waals surface area contributed by atoms with Crippen LogP contribution in [-0.4, -0.2) is 12.6 Å². The number of hydrogen-bond donors (Lipinski definition) is 1. The molecule has 0 amide bonds. The lowest BCUT2D eigenvalue weighted by molar-refractivity contribution is 0.429. The molecule has 0 aliphatic heterocycles. The van der Waals surface area contributed by atoms with E-state index in [1.165, 1.54) is 0 Å². The van der Waals surface area contributed by atoms with Gasteiger partial charge in [-0.25, -0.2) is 4.39 Å². The van der Waals surface area contributed by atoms with Crippen LogP contribution < -0.4 is 5.32 Å². The lowest BCUT2D eigenvalue weighted by atomic mass is 9.96. The zero-order chi connectivity index (χ0) is 12.8. The fourth-order valence-corrected chi connectivity index (χ4v) is 1.97. The van der Waals surface area contributed by atoms with Crippen LogP contribution in [0.15, 0.2) is 18.2 Å². The van der Waals surface area contributed by atoms with Gasteiger partial charge in [-0.3, -0.25) is 0 Å². The van der Waals surface area contributed by atoms with Gasteiger partial charge in [-0.05, 0) is 30.5 Å². The minimum atomic E-state index is -0.267. The Morgan fingerprint density at radius 3 is 2.65 bits per heavy atom. The van der Waals surface area contributed by atoms with Crippen LogP contribution in [0.1, 0.15) is 32.8 Å². The van der Waals surface area contributed by atoms with E-state index < -0.39 is 0 Å². The van der Waals surface area contributed by atoms with Gasteiger partial charge in [0.15, 0.2) is 0 Å². The second-order valence-electron chi connectivity index (χ2n) is 4.75. The molecule has 3 heteroatoms. The molecule has 0 saturated carbocycles. The van der Waals surface area contributed by atoms with Crippen LogP contribution in [0.2, 0.25) is 5.02 Å². The molecule has 1 unspecified atom stereocenters. The number of nitrogens with one attached hydrogen (secondary N) is 1. The molecular weight excluding hydrogens is 237 g/mol. The van der Waals surface area contributed by atoms with Crippen LogP contribution in [0, 0.1) is 11.7 Å². The van der Waals surface area contributed by atoms with Crippen molar-refractivity contribution in [1.82, 2.24) is 5.32 Å². The lowest BCUT2D eigenvalue weighted by Crippen LogP contribution is -2.29. The maximum Gasteiger partial charge on any atom is 0.144 e. The summed E-state index contributed by atoms with van der Waals surface area (Å²) < 4.78 is 13.7. The predicted molar refractivity (Wildman–Crippen MR) is 72.0 cm³/mol. The van der Waals surface area contributed by atoms with Crippen molar-refractivity contribution in [1.29, 1.82) is 0 Å². The Hall–Kier alpha value is -0.600. The molecule has 0 heterocycles. The Kier molecular flexibility index (Phi) is 5.93. The van der Waals surface area contributed by atoms with E-state index in [9.17, 15) is 4.39 Å². The molecule has 0 aliphatic carbocycles. The predicted octanol–water partition coefficient (Wildman–Crippen LogP) is 4.05. The van der Waals surface area contributed by atoms with Gasteiger partial charge in [-0.1, -0.05) is 50.9 Å². The van der Waals surface area contributed by atoms with Crippen molar-refractivity contribution in [3.63, 3.8) is 0 Å². The van der Waals surface area contributed by atoms with Crippen LogP contribution in [0.4, 0.5) is 4.39 Å². The second kappa shape index (κ2) is 6.97. The lowest BCUT2D eigenvalue weighted by Gasteiger charge is -2.18. The van der Waals surface area contributed by atoms with E-state index >= 15 is 0 Å². The topological polar surface area (TPSA) is 12.0 Å². The van der Waals surface area contributed by atoms with Crippen molar-refractivity contribution >= 4 is 11.6 Å². The molecule has 17 heavy (non-hydrogen) atoms. The number of halogens is 2. The monoisotopic (exact) mass is 257 g/mol. The van der Waals surface area contributed by atoms with Gasteiger partial charge in [0.1, 0.15) is 5.82 Å². The van der Waals surface area contributed by atoms with E-state index in [2.05, 4.69) is 26.1 Å². The minimum Gasteiger partial charge on any atom is -0.314 e. The highest BCUT2D eigenvalue weighted by Crippen LogP contribution is 2.21. The van der Waals surface area contributed by atoms with E-state index in [1.807, 2.05) is 12.1 Å². The van der Waals surface area contributed by atoms with Crippen LogP contribution in [0.3, 0.4) is 0 Å². The van der Waals surface area contributed by atoms with E-state index in [4.69, 9.17) is 11.6 Å². The van der Waals surface area contributed by atoms with Crippen LogP contribution in [0.25, 0.3) is 0 Å². The summed E-state index contributed by atoms with van der Waals surface area (Å²) in [6, 6.07) is 5.68. The fourth-order valence-electron chi connectivity index (χ4n) is 1.78. The molecule has 0 spiro atoms. The summed E-state index contributed by atoms with van der Waals surface area (Å²) >= 11 is 5.78. The average Bonchev–Trinajstić information content (AvgIpc) is 2.29. The van der Waals surface area contributed by atoms with Crippen molar-refractivity contribution in [3.8, 4) is 0 Å². The molecule has 1 rings (SSSR count). The summed E-state index contributed by atoms with van der Waals surface area (Å²) in [6.45, 7) is 7.29. The molecule has 1 aromatic carbocycles. The summed E-state index contributed by atoms with van der Waals surface area (Å²) in [4.78, 5) is 0. The van der Waals surface area contributed by atoms with Gasteiger partial charge < -0.3 is 5.32 Å². The van der Waals surface area contributed by atoms with E-state index in [-0.39, 0.29) is 10.8 Å². The van der Waals surface area contributed by atoms with Crippen LogP contribution >= 0.6 is 11.6 Å². The van der Waals surface area contributed by atoms with Crippen molar-refractivity contribution in [2.24, 2.45) is 5.92 Å². The molecule has 0 aliphatic rings. The van der Waals surface area contributed by atoms with Crippen molar-refractivity contribution in [2.45, 2.75) is 39.7 Å². The minimum absolute atomic E-state index is 0.217. The first kappa shape index (κ1) is 14.5.